The number of carbonyl (C=O) groups is 1. The fourth-order valence-electron chi connectivity index (χ4n) is 1.55. The highest BCUT2D eigenvalue weighted by atomic mass is 16.4. The van der Waals surface area contributed by atoms with E-state index in [0.29, 0.717) is 0 Å². The lowest BCUT2D eigenvalue weighted by molar-refractivity contribution is -0.137. The Hall–Kier alpha value is -1.51. The number of aliphatic carboxylic acids is 1. The fraction of sp³-hybridized carbons (Fsp3) is 0.462. The van der Waals surface area contributed by atoms with Crippen LogP contribution in [0, 0.1) is 6.92 Å². The summed E-state index contributed by atoms with van der Waals surface area (Å²) in [5.41, 5.74) is 2.43. The van der Waals surface area contributed by atoms with Crippen molar-refractivity contribution >= 4 is 11.7 Å². The molecule has 3 heteroatoms. The molecule has 1 aromatic carbocycles. The van der Waals surface area contributed by atoms with Crippen molar-refractivity contribution in [3.8, 4) is 0 Å². The van der Waals surface area contributed by atoms with Gasteiger partial charge in [0, 0.05) is 25.7 Å². The van der Waals surface area contributed by atoms with Crippen molar-refractivity contribution in [3.05, 3.63) is 29.8 Å². The molecule has 0 heterocycles. The van der Waals surface area contributed by atoms with E-state index in [1.54, 1.807) is 0 Å². The van der Waals surface area contributed by atoms with Crippen molar-refractivity contribution in [2.75, 3.05) is 18.5 Å². The molecule has 3 nitrogen and oxygen atoms in total. The first-order valence-corrected chi connectivity index (χ1v) is 5.59. The molecule has 0 saturated heterocycles. The van der Waals surface area contributed by atoms with Crippen molar-refractivity contribution in [1.29, 1.82) is 0 Å². The Bertz CT molecular complexity index is 332. The Morgan fingerprint density at radius 3 is 2.44 bits per heavy atom. The molecular formula is C13H19NO2. The molecule has 0 saturated carbocycles. The minimum atomic E-state index is -0.710. The zero-order valence-electron chi connectivity index (χ0n) is 9.94. The van der Waals surface area contributed by atoms with Crippen LogP contribution in [0.15, 0.2) is 24.3 Å². The first-order valence-electron chi connectivity index (χ1n) is 5.59. The lowest BCUT2D eigenvalue weighted by Gasteiger charge is -2.19. The summed E-state index contributed by atoms with van der Waals surface area (Å²) < 4.78 is 0. The molecule has 0 radical (unpaired) electrons. The van der Waals surface area contributed by atoms with E-state index in [0.717, 1.165) is 19.4 Å². The molecule has 0 aromatic heterocycles. The van der Waals surface area contributed by atoms with Crippen LogP contribution in [0.1, 0.15) is 24.8 Å². The molecule has 0 aliphatic rings. The van der Waals surface area contributed by atoms with Gasteiger partial charge in [0.1, 0.15) is 0 Å². The first kappa shape index (κ1) is 12.6. The van der Waals surface area contributed by atoms with E-state index >= 15 is 0 Å². The number of anilines is 1. The molecule has 0 aliphatic carbocycles. The predicted molar refractivity (Wildman–Crippen MR) is 65.9 cm³/mol. The number of carboxylic acid groups (broad SMARTS) is 1. The minimum absolute atomic E-state index is 0.266. The number of hydrogen-bond donors (Lipinski definition) is 1. The number of hydrogen-bond acceptors (Lipinski definition) is 2. The van der Waals surface area contributed by atoms with Crippen LogP contribution >= 0.6 is 0 Å². The summed E-state index contributed by atoms with van der Waals surface area (Å²) in [5, 5.41) is 8.51. The van der Waals surface area contributed by atoms with E-state index < -0.39 is 5.97 Å². The van der Waals surface area contributed by atoms with Gasteiger partial charge in [-0.15, -0.1) is 0 Å². The minimum Gasteiger partial charge on any atom is -0.481 e. The number of aryl methyl sites for hydroxylation is 1. The number of nitrogens with zero attached hydrogens (tertiary/aromatic N) is 1. The van der Waals surface area contributed by atoms with Gasteiger partial charge in [-0.3, -0.25) is 4.79 Å². The SMILES string of the molecule is Cc1ccc(N(C)CCCCC(=O)O)cc1. The van der Waals surface area contributed by atoms with Gasteiger partial charge in [0.2, 0.25) is 0 Å². The highest BCUT2D eigenvalue weighted by Gasteiger charge is 2.01. The Balaban J connectivity index is 2.32. The van der Waals surface area contributed by atoms with Gasteiger partial charge in [-0.2, -0.15) is 0 Å². The molecule has 0 aliphatic heterocycles. The molecule has 1 N–H and O–H groups in total. The zero-order chi connectivity index (χ0) is 12.0. The molecule has 0 atom stereocenters. The quantitative estimate of drug-likeness (QED) is 0.751. The summed E-state index contributed by atoms with van der Waals surface area (Å²) in [6.45, 7) is 2.97. The molecular weight excluding hydrogens is 202 g/mol. The van der Waals surface area contributed by atoms with Crippen LogP contribution in [0.5, 0.6) is 0 Å². The smallest absolute Gasteiger partial charge is 0.303 e. The molecule has 1 rings (SSSR count). The van der Waals surface area contributed by atoms with Gasteiger partial charge in [-0.25, -0.2) is 0 Å². The summed E-state index contributed by atoms with van der Waals surface area (Å²) >= 11 is 0. The van der Waals surface area contributed by atoms with Crippen LogP contribution in [0.4, 0.5) is 5.69 Å². The summed E-state index contributed by atoms with van der Waals surface area (Å²) in [7, 11) is 2.03. The Labute approximate surface area is 96.7 Å². The highest BCUT2D eigenvalue weighted by molar-refractivity contribution is 5.66. The number of unbranched alkanes of at least 4 members (excludes halogenated alkanes) is 1. The van der Waals surface area contributed by atoms with Crippen LogP contribution in [0.25, 0.3) is 0 Å². The molecule has 88 valence electrons. The van der Waals surface area contributed by atoms with E-state index in [-0.39, 0.29) is 6.42 Å². The average molecular weight is 221 g/mol. The maximum absolute atomic E-state index is 10.3. The molecule has 0 fully saturated rings. The maximum atomic E-state index is 10.3. The van der Waals surface area contributed by atoms with E-state index in [4.69, 9.17) is 5.11 Å². The van der Waals surface area contributed by atoms with Gasteiger partial charge in [-0.05, 0) is 31.9 Å². The van der Waals surface area contributed by atoms with Crippen LogP contribution < -0.4 is 4.90 Å². The molecule has 0 unspecified atom stereocenters. The Morgan fingerprint density at radius 1 is 1.25 bits per heavy atom. The molecule has 0 bridgehead atoms. The van der Waals surface area contributed by atoms with E-state index in [9.17, 15) is 4.79 Å². The third-order valence-electron chi connectivity index (χ3n) is 2.61. The topological polar surface area (TPSA) is 40.5 Å². The van der Waals surface area contributed by atoms with Gasteiger partial charge in [0.15, 0.2) is 0 Å². The predicted octanol–water partition coefficient (Wildman–Crippen LogP) is 2.69. The summed E-state index contributed by atoms with van der Waals surface area (Å²) in [6.07, 6.45) is 1.92. The monoisotopic (exact) mass is 221 g/mol. The molecule has 0 spiro atoms. The molecule has 16 heavy (non-hydrogen) atoms. The van der Waals surface area contributed by atoms with Crippen molar-refractivity contribution < 1.29 is 9.90 Å². The normalized spacial score (nSPS) is 10.1. The lowest BCUT2D eigenvalue weighted by Crippen LogP contribution is -2.18. The molecule has 0 amide bonds. The van der Waals surface area contributed by atoms with Gasteiger partial charge in [0.05, 0.1) is 0 Å². The van der Waals surface area contributed by atoms with Gasteiger partial charge < -0.3 is 10.0 Å². The van der Waals surface area contributed by atoms with E-state index in [2.05, 4.69) is 36.1 Å². The van der Waals surface area contributed by atoms with Gasteiger partial charge in [-0.1, -0.05) is 17.7 Å². The Kier molecular flexibility index (Phi) is 4.83. The lowest BCUT2D eigenvalue weighted by atomic mass is 10.2. The Morgan fingerprint density at radius 2 is 1.88 bits per heavy atom. The van der Waals surface area contributed by atoms with Crippen LogP contribution in [-0.4, -0.2) is 24.7 Å². The van der Waals surface area contributed by atoms with Gasteiger partial charge in [0.25, 0.3) is 0 Å². The van der Waals surface area contributed by atoms with Gasteiger partial charge >= 0.3 is 5.97 Å². The van der Waals surface area contributed by atoms with Crippen LogP contribution in [0.2, 0.25) is 0 Å². The standard InChI is InChI=1S/C13H19NO2/c1-11-6-8-12(9-7-11)14(2)10-4-3-5-13(15)16/h6-9H,3-5,10H2,1-2H3,(H,15,16). The summed E-state index contributed by atoms with van der Waals surface area (Å²) in [6, 6.07) is 8.35. The van der Waals surface area contributed by atoms with E-state index in [1.165, 1.54) is 11.3 Å². The van der Waals surface area contributed by atoms with Crippen molar-refractivity contribution in [1.82, 2.24) is 0 Å². The second kappa shape index (κ2) is 6.16. The number of carboxylic acids is 1. The van der Waals surface area contributed by atoms with Crippen LogP contribution in [0.3, 0.4) is 0 Å². The van der Waals surface area contributed by atoms with Crippen molar-refractivity contribution in [2.24, 2.45) is 0 Å². The van der Waals surface area contributed by atoms with E-state index in [1.807, 2.05) is 7.05 Å². The van der Waals surface area contributed by atoms with Crippen molar-refractivity contribution in [2.45, 2.75) is 26.2 Å². The third kappa shape index (κ3) is 4.34. The number of benzene rings is 1. The number of rotatable bonds is 6. The second-order valence-corrected chi connectivity index (χ2v) is 4.11. The third-order valence-corrected chi connectivity index (χ3v) is 2.61. The summed E-state index contributed by atoms with van der Waals surface area (Å²) in [4.78, 5) is 12.5. The fourth-order valence-corrected chi connectivity index (χ4v) is 1.55. The van der Waals surface area contributed by atoms with Crippen molar-refractivity contribution in [3.63, 3.8) is 0 Å². The molecule has 1 aromatic rings. The zero-order valence-corrected chi connectivity index (χ0v) is 9.94. The largest absolute Gasteiger partial charge is 0.481 e. The second-order valence-electron chi connectivity index (χ2n) is 4.11. The summed E-state index contributed by atoms with van der Waals surface area (Å²) in [5.74, 6) is -0.710. The van der Waals surface area contributed by atoms with Crippen LogP contribution in [-0.2, 0) is 4.79 Å². The first-order chi connectivity index (χ1) is 7.59. The average Bonchev–Trinajstić information content (AvgIpc) is 2.25. The maximum Gasteiger partial charge on any atom is 0.303 e. The highest BCUT2D eigenvalue weighted by Crippen LogP contribution is 2.14.